The number of carboxylic acids is 1. The molecule has 2 aliphatic rings. The lowest BCUT2D eigenvalue weighted by atomic mass is 9.97. The van der Waals surface area contributed by atoms with Crippen LogP contribution in [0.4, 0.5) is 0 Å². The number of ether oxygens (including phenoxy) is 1. The van der Waals surface area contributed by atoms with Gasteiger partial charge in [-0.15, -0.1) is 0 Å². The van der Waals surface area contributed by atoms with Crippen molar-refractivity contribution in [2.75, 3.05) is 32.8 Å². The standard InChI is InChI=1S/C13H22N2O4/c1-13(4-7-19-9-13)14-8-11(16)15-5-2-10(3-6-15)12(17)18/h10,14H,2-9H2,1H3,(H,17,18). The summed E-state index contributed by atoms with van der Waals surface area (Å²) in [5.74, 6) is -0.990. The number of carbonyl (C=O) groups is 2. The molecule has 2 rings (SSSR count). The molecule has 0 aliphatic carbocycles. The summed E-state index contributed by atoms with van der Waals surface area (Å²) in [5.41, 5.74) is -0.102. The number of likely N-dealkylation sites (tertiary alicyclic amines) is 1. The minimum Gasteiger partial charge on any atom is -0.481 e. The Balaban J connectivity index is 1.74. The molecule has 6 nitrogen and oxygen atoms in total. The molecule has 0 bridgehead atoms. The van der Waals surface area contributed by atoms with E-state index >= 15 is 0 Å². The molecule has 1 unspecified atom stereocenters. The highest BCUT2D eigenvalue weighted by Crippen LogP contribution is 2.19. The average Bonchev–Trinajstić information content (AvgIpc) is 2.83. The summed E-state index contributed by atoms with van der Waals surface area (Å²) in [6.07, 6.45) is 2.03. The number of nitrogens with zero attached hydrogens (tertiary/aromatic N) is 1. The molecule has 2 N–H and O–H groups in total. The highest BCUT2D eigenvalue weighted by atomic mass is 16.5. The van der Waals surface area contributed by atoms with E-state index in [1.165, 1.54) is 0 Å². The number of amides is 1. The molecule has 0 aromatic heterocycles. The predicted molar refractivity (Wildman–Crippen MR) is 68.8 cm³/mol. The van der Waals surface area contributed by atoms with Gasteiger partial charge in [0, 0.05) is 25.2 Å². The summed E-state index contributed by atoms with van der Waals surface area (Å²) >= 11 is 0. The van der Waals surface area contributed by atoms with Crippen LogP contribution in [0.5, 0.6) is 0 Å². The van der Waals surface area contributed by atoms with Crippen molar-refractivity contribution in [2.45, 2.75) is 31.7 Å². The van der Waals surface area contributed by atoms with Gasteiger partial charge < -0.3 is 20.1 Å². The van der Waals surface area contributed by atoms with Crippen molar-refractivity contribution in [3.63, 3.8) is 0 Å². The zero-order valence-corrected chi connectivity index (χ0v) is 11.4. The third kappa shape index (κ3) is 3.67. The number of rotatable bonds is 4. The molecule has 2 saturated heterocycles. The van der Waals surface area contributed by atoms with Gasteiger partial charge in [-0.1, -0.05) is 0 Å². The first kappa shape index (κ1) is 14.3. The smallest absolute Gasteiger partial charge is 0.306 e. The van der Waals surface area contributed by atoms with Crippen molar-refractivity contribution in [1.82, 2.24) is 10.2 Å². The van der Waals surface area contributed by atoms with Crippen LogP contribution in [0.1, 0.15) is 26.2 Å². The summed E-state index contributed by atoms with van der Waals surface area (Å²) in [5, 5.41) is 12.2. The quantitative estimate of drug-likeness (QED) is 0.756. The number of carbonyl (C=O) groups excluding carboxylic acids is 1. The average molecular weight is 270 g/mol. The fourth-order valence-electron chi connectivity index (χ4n) is 2.58. The Bertz CT molecular complexity index is 345. The van der Waals surface area contributed by atoms with Crippen LogP contribution in [0.3, 0.4) is 0 Å². The lowest BCUT2D eigenvalue weighted by molar-refractivity contribution is -0.145. The minimum absolute atomic E-state index is 0.0527. The van der Waals surface area contributed by atoms with Crippen molar-refractivity contribution < 1.29 is 19.4 Å². The number of nitrogens with one attached hydrogen (secondary N) is 1. The largest absolute Gasteiger partial charge is 0.481 e. The Hall–Kier alpha value is -1.14. The van der Waals surface area contributed by atoms with Gasteiger partial charge in [-0.05, 0) is 26.2 Å². The highest BCUT2D eigenvalue weighted by molar-refractivity contribution is 5.79. The monoisotopic (exact) mass is 270 g/mol. The van der Waals surface area contributed by atoms with Gasteiger partial charge in [0.25, 0.3) is 0 Å². The molecule has 1 atom stereocenters. The third-order valence-electron chi connectivity index (χ3n) is 4.08. The van der Waals surface area contributed by atoms with Gasteiger partial charge in [0.05, 0.1) is 19.1 Å². The maximum absolute atomic E-state index is 12.0. The molecule has 0 aromatic carbocycles. The lowest BCUT2D eigenvalue weighted by Crippen LogP contribution is -2.50. The zero-order valence-electron chi connectivity index (χ0n) is 11.4. The second kappa shape index (κ2) is 5.88. The van der Waals surface area contributed by atoms with Crippen LogP contribution >= 0.6 is 0 Å². The Morgan fingerprint density at radius 1 is 1.42 bits per heavy atom. The summed E-state index contributed by atoms with van der Waals surface area (Å²) in [6, 6.07) is 0. The Morgan fingerprint density at radius 3 is 2.63 bits per heavy atom. The number of piperidine rings is 1. The van der Waals surface area contributed by atoms with Gasteiger partial charge in [-0.25, -0.2) is 0 Å². The molecule has 2 heterocycles. The van der Waals surface area contributed by atoms with E-state index in [2.05, 4.69) is 12.2 Å². The first-order valence-corrected chi connectivity index (χ1v) is 6.83. The molecular formula is C13H22N2O4. The van der Waals surface area contributed by atoms with E-state index in [9.17, 15) is 9.59 Å². The van der Waals surface area contributed by atoms with E-state index in [4.69, 9.17) is 9.84 Å². The van der Waals surface area contributed by atoms with E-state index in [1.807, 2.05) is 0 Å². The van der Waals surface area contributed by atoms with Crippen LogP contribution in [-0.4, -0.2) is 60.3 Å². The van der Waals surface area contributed by atoms with Gasteiger partial charge in [-0.3, -0.25) is 9.59 Å². The topological polar surface area (TPSA) is 78.9 Å². The molecule has 6 heteroatoms. The Kier molecular flexibility index (Phi) is 4.42. The van der Waals surface area contributed by atoms with Crippen molar-refractivity contribution in [1.29, 1.82) is 0 Å². The van der Waals surface area contributed by atoms with E-state index in [-0.39, 0.29) is 17.4 Å². The van der Waals surface area contributed by atoms with Crippen molar-refractivity contribution in [2.24, 2.45) is 5.92 Å². The maximum Gasteiger partial charge on any atom is 0.306 e. The number of aliphatic carboxylic acids is 1. The van der Waals surface area contributed by atoms with Crippen molar-refractivity contribution in [3.8, 4) is 0 Å². The van der Waals surface area contributed by atoms with Gasteiger partial charge in [-0.2, -0.15) is 0 Å². The molecule has 2 aliphatic heterocycles. The first-order chi connectivity index (χ1) is 9.00. The Labute approximate surface area is 113 Å². The van der Waals surface area contributed by atoms with Crippen LogP contribution in [0.25, 0.3) is 0 Å². The first-order valence-electron chi connectivity index (χ1n) is 6.83. The van der Waals surface area contributed by atoms with Crippen LogP contribution in [-0.2, 0) is 14.3 Å². The molecule has 0 spiro atoms. The summed E-state index contributed by atoms with van der Waals surface area (Å²) in [6.45, 7) is 4.83. The van der Waals surface area contributed by atoms with Gasteiger partial charge in [0.2, 0.25) is 5.91 Å². The number of hydrogen-bond acceptors (Lipinski definition) is 4. The molecule has 1 amide bonds. The molecule has 0 aromatic rings. The SMILES string of the molecule is CC1(NCC(=O)N2CCC(C(=O)O)CC2)CCOC1. The summed E-state index contributed by atoms with van der Waals surface area (Å²) < 4.78 is 5.33. The van der Waals surface area contributed by atoms with Crippen LogP contribution in [0, 0.1) is 5.92 Å². The van der Waals surface area contributed by atoms with Crippen molar-refractivity contribution in [3.05, 3.63) is 0 Å². The Morgan fingerprint density at radius 2 is 2.11 bits per heavy atom. The van der Waals surface area contributed by atoms with Crippen LogP contribution in [0.15, 0.2) is 0 Å². The van der Waals surface area contributed by atoms with E-state index in [0.29, 0.717) is 39.1 Å². The number of hydrogen-bond donors (Lipinski definition) is 2. The third-order valence-corrected chi connectivity index (χ3v) is 4.08. The molecule has 19 heavy (non-hydrogen) atoms. The number of carboxylic acid groups (broad SMARTS) is 1. The summed E-state index contributed by atoms with van der Waals surface area (Å²) in [4.78, 5) is 24.6. The van der Waals surface area contributed by atoms with E-state index in [1.54, 1.807) is 4.90 Å². The molecular weight excluding hydrogens is 248 g/mol. The zero-order chi connectivity index (χ0) is 13.9. The van der Waals surface area contributed by atoms with Gasteiger partial charge in [0.1, 0.15) is 0 Å². The van der Waals surface area contributed by atoms with E-state index in [0.717, 1.165) is 13.0 Å². The second-order valence-corrected chi connectivity index (χ2v) is 5.71. The van der Waals surface area contributed by atoms with Crippen LogP contribution in [0.2, 0.25) is 0 Å². The fourth-order valence-corrected chi connectivity index (χ4v) is 2.58. The maximum atomic E-state index is 12.0. The van der Waals surface area contributed by atoms with Gasteiger partial charge in [0.15, 0.2) is 0 Å². The summed E-state index contributed by atoms with van der Waals surface area (Å²) in [7, 11) is 0. The lowest BCUT2D eigenvalue weighted by Gasteiger charge is -2.31. The molecule has 0 radical (unpaired) electrons. The normalized spacial score (nSPS) is 28.6. The van der Waals surface area contributed by atoms with E-state index < -0.39 is 5.97 Å². The van der Waals surface area contributed by atoms with Gasteiger partial charge >= 0.3 is 5.97 Å². The molecule has 0 saturated carbocycles. The predicted octanol–water partition coefficient (Wildman–Crippen LogP) is 0.0782. The molecule has 2 fully saturated rings. The fraction of sp³-hybridized carbons (Fsp3) is 0.846. The highest BCUT2D eigenvalue weighted by Gasteiger charge is 2.31. The van der Waals surface area contributed by atoms with Crippen molar-refractivity contribution >= 4 is 11.9 Å². The van der Waals surface area contributed by atoms with Crippen LogP contribution < -0.4 is 5.32 Å². The minimum atomic E-state index is -0.749. The molecule has 108 valence electrons. The second-order valence-electron chi connectivity index (χ2n) is 5.71.